The first-order chi connectivity index (χ1) is 12.4. The van der Waals surface area contributed by atoms with Crippen molar-refractivity contribution in [1.82, 2.24) is 4.90 Å². The fourth-order valence-electron chi connectivity index (χ4n) is 3.04. The van der Waals surface area contributed by atoms with Crippen LogP contribution in [0.2, 0.25) is 0 Å². The topological polar surface area (TPSA) is 49.4 Å². The lowest BCUT2D eigenvalue weighted by atomic mass is 9.97. The van der Waals surface area contributed by atoms with Crippen molar-refractivity contribution in [3.8, 4) is 0 Å². The fraction of sp³-hybridized carbons (Fsp3) is 0.143. The highest BCUT2D eigenvalue weighted by molar-refractivity contribution is 9.10. The minimum atomic E-state index is -0.343. The molecule has 0 saturated heterocycles. The number of aryl methyl sites for hydroxylation is 2. The number of amides is 2. The Hall–Kier alpha value is -2.66. The molecule has 0 atom stereocenters. The van der Waals surface area contributed by atoms with Crippen molar-refractivity contribution < 1.29 is 9.59 Å². The van der Waals surface area contributed by atoms with Crippen molar-refractivity contribution in [2.45, 2.75) is 13.8 Å². The zero-order valence-corrected chi connectivity index (χ0v) is 16.3. The van der Waals surface area contributed by atoms with Crippen LogP contribution in [0.5, 0.6) is 0 Å². The highest BCUT2D eigenvalue weighted by Crippen LogP contribution is 2.32. The molecule has 1 aliphatic heterocycles. The first-order valence-electron chi connectivity index (χ1n) is 8.24. The van der Waals surface area contributed by atoms with Crippen LogP contribution in [0.25, 0.3) is 5.57 Å². The van der Waals surface area contributed by atoms with Crippen molar-refractivity contribution in [3.63, 3.8) is 0 Å². The Labute approximate surface area is 161 Å². The highest BCUT2D eigenvalue weighted by Gasteiger charge is 2.39. The summed E-state index contributed by atoms with van der Waals surface area (Å²) in [5.41, 5.74) is 4.25. The average molecular weight is 411 g/mol. The molecule has 0 saturated carbocycles. The van der Waals surface area contributed by atoms with Gasteiger partial charge in [0.1, 0.15) is 5.70 Å². The predicted molar refractivity (Wildman–Crippen MR) is 108 cm³/mol. The second kappa shape index (κ2) is 7.30. The molecule has 3 rings (SSSR count). The minimum Gasteiger partial charge on any atom is -0.350 e. The Kier molecular flexibility index (Phi) is 5.09. The van der Waals surface area contributed by atoms with Gasteiger partial charge >= 0.3 is 0 Å². The van der Waals surface area contributed by atoms with E-state index in [0.717, 1.165) is 26.9 Å². The number of benzene rings is 2. The molecule has 4 nitrogen and oxygen atoms in total. The minimum absolute atomic E-state index is 0.176. The van der Waals surface area contributed by atoms with E-state index in [9.17, 15) is 9.59 Å². The van der Waals surface area contributed by atoms with E-state index in [4.69, 9.17) is 0 Å². The van der Waals surface area contributed by atoms with Crippen LogP contribution in [0.15, 0.2) is 65.3 Å². The van der Waals surface area contributed by atoms with E-state index in [1.165, 1.54) is 4.90 Å². The third-order valence-electron chi connectivity index (χ3n) is 4.22. The van der Waals surface area contributed by atoms with Crippen LogP contribution in [0.1, 0.15) is 16.7 Å². The molecule has 0 spiro atoms. The van der Waals surface area contributed by atoms with Crippen LogP contribution in [0.3, 0.4) is 0 Å². The van der Waals surface area contributed by atoms with Crippen LogP contribution < -0.4 is 5.32 Å². The average Bonchev–Trinajstić information content (AvgIpc) is 2.80. The maximum absolute atomic E-state index is 13.0. The molecule has 1 aliphatic rings. The number of carbonyl (C=O) groups excluding carboxylic acids is 2. The van der Waals surface area contributed by atoms with Gasteiger partial charge in [0.25, 0.3) is 11.8 Å². The van der Waals surface area contributed by atoms with Crippen molar-refractivity contribution in [2.24, 2.45) is 0 Å². The summed E-state index contributed by atoms with van der Waals surface area (Å²) in [4.78, 5) is 27.1. The van der Waals surface area contributed by atoms with E-state index >= 15 is 0 Å². The largest absolute Gasteiger partial charge is 0.350 e. The molecular formula is C21H19BrN2O2. The van der Waals surface area contributed by atoms with E-state index < -0.39 is 0 Å². The predicted octanol–water partition coefficient (Wildman–Crippen LogP) is 4.44. The molecule has 0 bridgehead atoms. The Bertz CT molecular complexity index is 947. The fourth-order valence-corrected chi connectivity index (χ4v) is 3.44. The monoisotopic (exact) mass is 410 g/mol. The van der Waals surface area contributed by atoms with Gasteiger partial charge in [0.15, 0.2) is 0 Å². The second-order valence-electron chi connectivity index (χ2n) is 6.21. The normalized spacial score (nSPS) is 14.2. The quantitative estimate of drug-likeness (QED) is 0.585. The Morgan fingerprint density at radius 1 is 1.12 bits per heavy atom. The molecule has 1 N–H and O–H groups in total. The molecule has 0 aromatic heterocycles. The molecule has 1 heterocycles. The van der Waals surface area contributed by atoms with Crippen LogP contribution >= 0.6 is 15.9 Å². The lowest BCUT2D eigenvalue weighted by Crippen LogP contribution is -2.32. The van der Waals surface area contributed by atoms with Gasteiger partial charge < -0.3 is 5.32 Å². The van der Waals surface area contributed by atoms with Gasteiger partial charge in [-0.3, -0.25) is 14.5 Å². The van der Waals surface area contributed by atoms with E-state index in [2.05, 4.69) is 27.8 Å². The summed E-state index contributed by atoms with van der Waals surface area (Å²) in [5.74, 6) is -0.649. The number of rotatable bonds is 5. The van der Waals surface area contributed by atoms with Gasteiger partial charge in [0.2, 0.25) is 0 Å². The molecule has 2 aromatic carbocycles. The first kappa shape index (κ1) is 18.1. The highest BCUT2D eigenvalue weighted by atomic mass is 79.9. The van der Waals surface area contributed by atoms with Crippen molar-refractivity contribution >= 4 is 39.0 Å². The molecule has 2 amide bonds. The summed E-state index contributed by atoms with van der Waals surface area (Å²) in [6.07, 6.45) is 1.55. The zero-order chi connectivity index (χ0) is 18.8. The molecule has 26 heavy (non-hydrogen) atoms. The Balaban J connectivity index is 2.14. The SMILES string of the molecule is C=CCN1C(=O)C(Nc2cccc(Br)c2)=C(c2ccc(C)cc2C)C1=O. The number of halogens is 1. The van der Waals surface area contributed by atoms with E-state index in [1.807, 2.05) is 56.3 Å². The third kappa shape index (κ3) is 3.35. The van der Waals surface area contributed by atoms with E-state index in [-0.39, 0.29) is 18.4 Å². The summed E-state index contributed by atoms with van der Waals surface area (Å²) in [5, 5.41) is 3.14. The number of nitrogens with zero attached hydrogens (tertiary/aromatic N) is 1. The van der Waals surface area contributed by atoms with Gasteiger partial charge in [-0.25, -0.2) is 0 Å². The van der Waals surface area contributed by atoms with E-state index in [1.54, 1.807) is 6.08 Å². The standard InChI is InChI=1S/C21H19BrN2O2/c1-4-10-24-20(25)18(17-9-8-13(2)11-14(17)3)19(21(24)26)23-16-7-5-6-15(22)12-16/h4-9,11-12,23H,1,10H2,2-3H3. The van der Waals surface area contributed by atoms with Crippen LogP contribution in [0.4, 0.5) is 5.69 Å². The first-order valence-corrected chi connectivity index (χ1v) is 9.03. The molecule has 0 radical (unpaired) electrons. The maximum Gasteiger partial charge on any atom is 0.278 e. The number of hydrogen-bond donors (Lipinski definition) is 1. The molecule has 2 aromatic rings. The number of carbonyl (C=O) groups is 2. The smallest absolute Gasteiger partial charge is 0.278 e. The molecule has 0 fully saturated rings. The van der Waals surface area contributed by atoms with Crippen molar-refractivity contribution in [3.05, 3.63) is 82.0 Å². The lowest BCUT2D eigenvalue weighted by molar-refractivity contribution is -0.136. The molecular weight excluding hydrogens is 392 g/mol. The van der Waals surface area contributed by atoms with Gasteiger partial charge in [0, 0.05) is 16.7 Å². The molecule has 0 aliphatic carbocycles. The molecule has 5 heteroatoms. The van der Waals surface area contributed by atoms with Crippen LogP contribution in [-0.4, -0.2) is 23.3 Å². The summed E-state index contributed by atoms with van der Waals surface area (Å²) < 4.78 is 0.885. The summed E-state index contributed by atoms with van der Waals surface area (Å²) in [6.45, 7) is 7.77. The second-order valence-corrected chi connectivity index (χ2v) is 7.13. The Morgan fingerprint density at radius 2 is 1.88 bits per heavy atom. The maximum atomic E-state index is 13.0. The number of imide groups is 1. The van der Waals surface area contributed by atoms with Crippen LogP contribution in [-0.2, 0) is 9.59 Å². The van der Waals surface area contributed by atoms with E-state index in [0.29, 0.717) is 11.3 Å². The summed E-state index contributed by atoms with van der Waals surface area (Å²) in [7, 11) is 0. The van der Waals surface area contributed by atoms with Gasteiger partial charge in [-0.2, -0.15) is 0 Å². The number of nitrogens with one attached hydrogen (secondary N) is 1. The number of hydrogen-bond acceptors (Lipinski definition) is 3. The van der Waals surface area contributed by atoms with Gasteiger partial charge in [-0.15, -0.1) is 6.58 Å². The Morgan fingerprint density at radius 3 is 2.54 bits per heavy atom. The van der Waals surface area contributed by atoms with Gasteiger partial charge in [0.05, 0.1) is 5.57 Å². The van der Waals surface area contributed by atoms with Gasteiger partial charge in [-0.1, -0.05) is 51.8 Å². The molecule has 132 valence electrons. The zero-order valence-electron chi connectivity index (χ0n) is 14.7. The van der Waals surface area contributed by atoms with Crippen molar-refractivity contribution in [2.75, 3.05) is 11.9 Å². The lowest BCUT2D eigenvalue weighted by Gasteiger charge is -2.12. The summed E-state index contributed by atoms with van der Waals surface area (Å²) >= 11 is 3.42. The van der Waals surface area contributed by atoms with Crippen molar-refractivity contribution in [1.29, 1.82) is 0 Å². The molecule has 0 unspecified atom stereocenters. The summed E-state index contributed by atoms with van der Waals surface area (Å²) in [6, 6.07) is 13.3. The van der Waals surface area contributed by atoms with Crippen LogP contribution in [0, 0.1) is 13.8 Å². The number of anilines is 1. The third-order valence-corrected chi connectivity index (χ3v) is 4.72. The van der Waals surface area contributed by atoms with Gasteiger partial charge in [-0.05, 0) is 43.2 Å².